The molecule has 3 nitrogen and oxygen atoms in total. The molecule has 0 saturated carbocycles. The third-order valence-corrected chi connectivity index (χ3v) is 2.51. The van der Waals surface area contributed by atoms with Crippen molar-refractivity contribution < 1.29 is 0 Å². The van der Waals surface area contributed by atoms with Crippen LogP contribution in [0.1, 0.15) is 5.69 Å². The van der Waals surface area contributed by atoms with Crippen LogP contribution in [0.4, 0.5) is 0 Å². The van der Waals surface area contributed by atoms with E-state index in [-0.39, 0.29) is 0 Å². The number of hydrogen-bond donors (Lipinski definition) is 2. The van der Waals surface area contributed by atoms with E-state index in [0.717, 1.165) is 30.8 Å². The molecule has 1 aromatic carbocycles. The fraction of sp³-hybridized carbons (Fsp3) is 0.308. The van der Waals surface area contributed by atoms with E-state index in [1.54, 1.807) is 0 Å². The van der Waals surface area contributed by atoms with Gasteiger partial charge in [-0.2, -0.15) is 0 Å². The summed E-state index contributed by atoms with van der Waals surface area (Å²) in [6, 6.07) is 12.4. The molecule has 3 heteroatoms. The van der Waals surface area contributed by atoms with Gasteiger partial charge in [-0.15, -0.1) is 0 Å². The lowest BCUT2D eigenvalue weighted by Gasteiger charge is -2.05. The van der Waals surface area contributed by atoms with Crippen molar-refractivity contribution in [3.63, 3.8) is 0 Å². The van der Waals surface area contributed by atoms with Crippen molar-refractivity contribution >= 4 is 10.9 Å². The van der Waals surface area contributed by atoms with Gasteiger partial charge >= 0.3 is 0 Å². The van der Waals surface area contributed by atoms with Crippen LogP contribution in [0.2, 0.25) is 0 Å². The second-order valence-electron chi connectivity index (χ2n) is 3.78. The van der Waals surface area contributed by atoms with Gasteiger partial charge in [-0.25, -0.2) is 0 Å². The molecule has 2 aromatic rings. The number of nitrogens with zero attached hydrogens (tertiary/aromatic N) is 1. The Morgan fingerprint density at radius 3 is 2.81 bits per heavy atom. The van der Waals surface area contributed by atoms with Gasteiger partial charge in [0.25, 0.3) is 0 Å². The van der Waals surface area contributed by atoms with E-state index in [1.807, 2.05) is 25.2 Å². The maximum atomic E-state index is 4.59. The van der Waals surface area contributed by atoms with Crippen molar-refractivity contribution in [1.82, 2.24) is 15.6 Å². The van der Waals surface area contributed by atoms with Gasteiger partial charge < -0.3 is 10.6 Å². The molecule has 0 saturated heterocycles. The zero-order valence-corrected chi connectivity index (χ0v) is 9.53. The fourth-order valence-electron chi connectivity index (χ4n) is 1.64. The molecule has 16 heavy (non-hydrogen) atoms. The van der Waals surface area contributed by atoms with E-state index in [1.165, 1.54) is 5.39 Å². The molecule has 0 spiro atoms. The van der Waals surface area contributed by atoms with Crippen molar-refractivity contribution in [3.8, 4) is 0 Å². The zero-order valence-electron chi connectivity index (χ0n) is 9.53. The van der Waals surface area contributed by atoms with Crippen LogP contribution in [-0.2, 0) is 6.54 Å². The highest BCUT2D eigenvalue weighted by atomic mass is 14.9. The topological polar surface area (TPSA) is 37.0 Å². The molecular weight excluding hydrogens is 198 g/mol. The average molecular weight is 215 g/mol. The number of nitrogens with one attached hydrogen (secondary N) is 2. The molecule has 0 bridgehead atoms. The Labute approximate surface area is 95.9 Å². The van der Waals surface area contributed by atoms with E-state index >= 15 is 0 Å². The van der Waals surface area contributed by atoms with Crippen LogP contribution in [0.15, 0.2) is 36.4 Å². The van der Waals surface area contributed by atoms with E-state index in [9.17, 15) is 0 Å². The minimum absolute atomic E-state index is 0.826. The molecule has 1 aromatic heterocycles. The normalized spacial score (nSPS) is 10.8. The molecule has 2 rings (SSSR count). The first-order valence-corrected chi connectivity index (χ1v) is 5.60. The van der Waals surface area contributed by atoms with Gasteiger partial charge in [-0.05, 0) is 19.2 Å². The van der Waals surface area contributed by atoms with E-state index in [4.69, 9.17) is 0 Å². The number of likely N-dealkylation sites (N-methyl/N-ethyl adjacent to an activating group) is 1. The third kappa shape index (κ3) is 2.78. The van der Waals surface area contributed by atoms with Crippen LogP contribution in [-0.4, -0.2) is 25.1 Å². The van der Waals surface area contributed by atoms with Crippen LogP contribution in [0.5, 0.6) is 0 Å². The zero-order chi connectivity index (χ0) is 11.2. The SMILES string of the molecule is CNCCNCc1ccc2ccccc2n1. The predicted octanol–water partition coefficient (Wildman–Crippen LogP) is 1.54. The first kappa shape index (κ1) is 11.0. The minimum atomic E-state index is 0.826. The summed E-state index contributed by atoms with van der Waals surface area (Å²) in [7, 11) is 1.95. The number of para-hydroxylation sites is 1. The van der Waals surface area contributed by atoms with Gasteiger partial charge in [0, 0.05) is 25.0 Å². The Morgan fingerprint density at radius 2 is 1.94 bits per heavy atom. The number of pyridine rings is 1. The van der Waals surface area contributed by atoms with E-state index in [0.29, 0.717) is 0 Å². The second-order valence-corrected chi connectivity index (χ2v) is 3.78. The van der Waals surface area contributed by atoms with Gasteiger partial charge in [0.1, 0.15) is 0 Å². The Bertz CT molecular complexity index is 454. The molecule has 0 atom stereocenters. The number of fused-ring (bicyclic) bond motifs is 1. The van der Waals surface area contributed by atoms with Gasteiger partial charge in [-0.1, -0.05) is 24.3 Å². The number of hydrogen-bond acceptors (Lipinski definition) is 3. The van der Waals surface area contributed by atoms with Crippen molar-refractivity contribution in [2.45, 2.75) is 6.54 Å². The highest BCUT2D eigenvalue weighted by Gasteiger charge is 1.96. The maximum Gasteiger partial charge on any atom is 0.0705 e. The quantitative estimate of drug-likeness (QED) is 0.743. The summed E-state index contributed by atoms with van der Waals surface area (Å²) in [6.45, 7) is 2.77. The highest BCUT2D eigenvalue weighted by Crippen LogP contribution is 2.11. The molecule has 0 unspecified atom stereocenters. The number of aromatic nitrogens is 1. The van der Waals surface area contributed by atoms with Crippen molar-refractivity contribution in [2.24, 2.45) is 0 Å². The third-order valence-electron chi connectivity index (χ3n) is 2.51. The Hall–Kier alpha value is -1.45. The molecule has 84 valence electrons. The van der Waals surface area contributed by atoms with Gasteiger partial charge in [0.15, 0.2) is 0 Å². The molecule has 0 radical (unpaired) electrons. The summed E-state index contributed by atoms with van der Waals surface area (Å²) in [6.07, 6.45) is 0. The standard InChI is InChI=1S/C13H17N3/c1-14-8-9-15-10-12-7-6-11-4-2-3-5-13(11)16-12/h2-7,14-15H,8-10H2,1H3. The summed E-state index contributed by atoms with van der Waals surface area (Å²) in [5, 5.41) is 7.64. The highest BCUT2D eigenvalue weighted by molar-refractivity contribution is 5.78. The maximum absolute atomic E-state index is 4.59. The largest absolute Gasteiger partial charge is 0.318 e. The van der Waals surface area contributed by atoms with Crippen LogP contribution in [0, 0.1) is 0 Å². The molecule has 0 aliphatic carbocycles. The first-order chi connectivity index (χ1) is 7.90. The van der Waals surface area contributed by atoms with Gasteiger partial charge in [0.05, 0.1) is 11.2 Å². The van der Waals surface area contributed by atoms with Crippen molar-refractivity contribution in [3.05, 3.63) is 42.1 Å². The molecule has 1 heterocycles. The lowest BCUT2D eigenvalue weighted by atomic mass is 10.2. The molecule has 0 fully saturated rings. The van der Waals surface area contributed by atoms with Gasteiger partial charge in [0.2, 0.25) is 0 Å². The Balaban J connectivity index is 2.02. The summed E-state index contributed by atoms with van der Waals surface area (Å²) in [4.78, 5) is 4.59. The monoisotopic (exact) mass is 215 g/mol. The van der Waals surface area contributed by atoms with Crippen LogP contribution in [0.25, 0.3) is 10.9 Å². The number of rotatable bonds is 5. The lowest BCUT2D eigenvalue weighted by Crippen LogP contribution is -2.24. The Kier molecular flexibility index (Phi) is 3.86. The molecular formula is C13H17N3. The summed E-state index contributed by atoms with van der Waals surface area (Å²) < 4.78 is 0. The Morgan fingerprint density at radius 1 is 1.06 bits per heavy atom. The van der Waals surface area contributed by atoms with Crippen LogP contribution < -0.4 is 10.6 Å². The van der Waals surface area contributed by atoms with Crippen molar-refractivity contribution in [2.75, 3.05) is 20.1 Å². The van der Waals surface area contributed by atoms with Gasteiger partial charge in [-0.3, -0.25) is 4.98 Å². The predicted molar refractivity (Wildman–Crippen MR) is 67.4 cm³/mol. The molecule has 0 aliphatic heterocycles. The molecule has 2 N–H and O–H groups in total. The minimum Gasteiger partial charge on any atom is -0.318 e. The van der Waals surface area contributed by atoms with Crippen LogP contribution >= 0.6 is 0 Å². The van der Waals surface area contributed by atoms with Crippen LogP contribution in [0.3, 0.4) is 0 Å². The summed E-state index contributed by atoms with van der Waals surface area (Å²) in [5.41, 5.74) is 2.16. The molecule has 0 aliphatic rings. The van der Waals surface area contributed by atoms with E-state index in [2.05, 4.69) is 33.8 Å². The first-order valence-electron chi connectivity index (χ1n) is 5.60. The second kappa shape index (κ2) is 5.58. The number of benzene rings is 1. The molecule has 0 amide bonds. The summed E-state index contributed by atoms with van der Waals surface area (Å²) >= 11 is 0. The average Bonchev–Trinajstić information content (AvgIpc) is 2.34. The van der Waals surface area contributed by atoms with E-state index < -0.39 is 0 Å². The summed E-state index contributed by atoms with van der Waals surface area (Å²) in [5.74, 6) is 0. The smallest absolute Gasteiger partial charge is 0.0705 e. The fourth-order valence-corrected chi connectivity index (χ4v) is 1.64. The van der Waals surface area contributed by atoms with Crippen molar-refractivity contribution in [1.29, 1.82) is 0 Å². The lowest BCUT2D eigenvalue weighted by molar-refractivity contribution is 0.643.